The number of phenols is 1. The van der Waals surface area contributed by atoms with E-state index in [1.807, 2.05) is 18.2 Å². The molecule has 0 spiro atoms. The van der Waals surface area contributed by atoms with Gasteiger partial charge in [-0.2, -0.15) is 18.2 Å². The second-order valence-corrected chi connectivity index (χ2v) is 16.5. The van der Waals surface area contributed by atoms with Gasteiger partial charge in [0.25, 0.3) is 11.8 Å². The number of allylic oxidation sites excluding steroid dienone is 2. The van der Waals surface area contributed by atoms with Crippen LogP contribution in [0, 0.1) is 29.5 Å². The molecule has 11 nitrogen and oxygen atoms in total. The summed E-state index contributed by atoms with van der Waals surface area (Å²) >= 11 is 12.6. The number of carbonyl (C=O) groups excluding carboxylic acids is 4. The van der Waals surface area contributed by atoms with Crippen molar-refractivity contribution in [3.05, 3.63) is 147 Å². The van der Waals surface area contributed by atoms with Gasteiger partial charge in [-0.1, -0.05) is 65.2 Å². The summed E-state index contributed by atoms with van der Waals surface area (Å²) in [5.74, 6) is -9.69. The van der Waals surface area contributed by atoms with Crippen LogP contribution in [0.5, 0.6) is 5.75 Å². The van der Waals surface area contributed by atoms with E-state index in [-0.39, 0.29) is 24.0 Å². The highest BCUT2D eigenvalue weighted by Crippen LogP contribution is 2.64. The summed E-state index contributed by atoms with van der Waals surface area (Å²) < 4.78 is 61.9. The van der Waals surface area contributed by atoms with E-state index in [9.17, 15) is 32.7 Å². The fourth-order valence-corrected chi connectivity index (χ4v) is 10.2. The molecule has 2 N–H and O–H groups in total. The molecule has 10 rings (SSSR count). The van der Waals surface area contributed by atoms with E-state index in [2.05, 4.69) is 15.4 Å². The van der Waals surface area contributed by atoms with Gasteiger partial charge in [-0.05, 0) is 96.6 Å². The molecule has 62 heavy (non-hydrogen) atoms. The Morgan fingerprint density at radius 3 is 2.31 bits per heavy atom. The number of amides is 4. The van der Waals surface area contributed by atoms with E-state index in [0.29, 0.717) is 56.1 Å². The Hall–Kier alpha value is -6.58. The quantitative estimate of drug-likeness (QED) is 0.0950. The number of nitrogens with zero attached hydrogens (tertiary/aromatic N) is 4. The van der Waals surface area contributed by atoms with E-state index in [1.54, 1.807) is 48.5 Å². The predicted molar refractivity (Wildman–Crippen MR) is 217 cm³/mol. The van der Waals surface area contributed by atoms with Crippen molar-refractivity contribution in [1.82, 2.24) is 15.0 Å². The van der Waals surface area contributed by atoms with Crippen molar-refractivity contribution >= 4 is 69.4 Å². The smallest absolute Gasteiger partial charge is 0.417 e. The molecule has 6 aromatic rings. The van der Waals surface area contributed by atoms with Gasteiger partial charge in [0.2, 0.25) is 17.7 Å². The number of phenolic OH excluding ortho intramolecular Hbond substituents is 1. The summed E-state index contributed by atoms with van der Waals surface area (Å²) in [6.45, 7) is 0. The number of aromatic nitrogens is 2. The molecule has 312 valence electrons. The normalized spacial score (nSPS) is 24.6. The number of nitrogens with one attached hydrogen (secondary N) is 1. The number of oxazole rings is 1. The van der Waals surface area contributed by atoms with Crippen LogP contribution in [0.1, 0.15) is 35.4 Å². The summed E-state index contributed by atoms with van der Waals surface area (Å²) in [6.07, 6.45) is -2.61. The third-order valence-corrected chi connectivity index (χ3v) is 13.1. The largest absolute Gasteiger partial charge is 0.505 e. The summed E-state index contributed by atoms with van der Waals surface area (Å²) in [5.41, 5.74) is 2.61. The Kier molecular flexibility index (Phi) is 9.09. The summed E-state index contributed by atoms with van der Waals surface area (Å²) in [5, 5.41) is 10.7. The van der Waals surface area contributed by atoms with Crippen LogP contribution in [0.25, 0.3) is 22.6 Å². The van der Waals surface area contributed by atoms with Crippen molar-refractivity contribution < 1.29 is 46.3 Å². The van der Waals surface area contributed by atoms with Crippen molar-refractivity contribution in [1.29, 1.82) is 0 Å². The lowest BCUT2D eigenvalue weighted by Gasteiger charge is -2.50. The zero-order valence-corrected chi connectivity index (χ0v) is 33.3. The van der Waals surface area contributed by atoms with Gasteiger partial charge < -0.3 is 9.52 Å². The lowest BCUT2D eigenvalue weighted by atomic mass is 9.49. The van der Waals surface area contributed by atoms with Crippen LogP contribution in [0.3, 0.4) is 0 Å². The number of alkyl halides is 3. The molecule has 2 saturated heterocycles. The number of hydrogen-bond acceptors (Lipinski definition) is 9. The van der Waals surface area contributed by atoms with Crippen LogP contribution in [0.4, 0.5) is 29.1 Å². The monoisotopic (exact) mass is 881 g/mol. The number of carbonyl (C=O) groups is 4. The first kappa shape index (κ1) is 39.5. The number of anilines is 2. The van der Waals surface area contributed by atoms with Crippen LogP contribution < -0.4 is 10.3 Å². The first-order chi connectivity index (χ1) is 29.7. The first-order valence-electron chi connectivity index (χ1n) is 19.3. The maximum atomic E-state index is 15.5. The highest BCUT2D eigenvalue weighted by Gasteiger charge is 2.70. The summed E-state index contributed by atoms with van der Waals surface area (Å²) in [4.78, 5) is 68.7. The molecule has 1 saturated carbocycles. The number of benzene rings is 4. The highest BCUT2D eigenvalue weighted by molar-refractivity contribution is 6.33. The van der Waals surface area contributed by atoms with Crippen LogP contribution >= 0.6 is 23.2 Å². The van der Waals surface area contributed by atoms with Gasteiger partial charge >= 0.3 is 6.18 Å². The Morgan fingerprint density at radius 2 is 1.61 bits per heavy atom. The van der Waals surface area contributed by atoms with E-state index in [4.69, 9.17) is 27.6 Å². The maximum absolute atomic E-state index is 15.5. The molecule has 6 atom stereocenters. The molecule has 4 amide bonds. The molecular weight excluding hydrogens is 853 g/mol. The van der Waals surface area contributed by atoms with Gasteiger partial charge in [0.15, 0.2) is 23.0 Å². The van der Waals surface area contributed by atoms with Gasteiger partial charge in [-0.25, -0.2) is 14.4 Å². The zero-order chi connectivity index (χ0) is 43.4. The number of hydrazine groups is 1. The molecule has 4 heterocycles. The van der Waals surface area contributed by atoms with Gasteiger partial charge in [0.05, 0.1) is 39.4 Å². The second kappa shape index (κ2) is 14.2. The van der Waals surface area contributed by atoms with Crippen LogP contribution in [0.15, 0.2) is 119 Å². The SMILES string of the molecule is O=C1[C@@H]2C[C@@H]3C(=CC[C@@H]4C(=O)N(c5ccc(-c6nc7ccccc7o6)cc5)C(=O)[C@@H]43)[C@H](c3ccc(O)c(F)c3)[C@]2(c2ccc(Cl)cc2)C(=O)N1Nc1ncc(C(F)(F)F)cc1Cl. The third kappa shape index (κ3) is 5.92. The molecule has 2 aliphatic carbocycles. The lowest BCUT2D eigenvalue weighted by molar-refractivity contribution is -0.139. The maximum Gasteiger partial charge on any atom is 0.417 e. The molecule has 0 bridgehead atoms. The lowest BCUT2D eigenvalue weighted by Crippen LogP contribution is -2.53. The average Bonchev–Trinajstić information content (AvgIpc) is 3.87. The fourth-order valence-electron chi connectivity index (χ4n) is 9.86. The fraction of sp³-hybridized carbons (Fsp3) is 0.200. The summed E-state index contributed by atoms with van der Waals surface area (Å²) in [7, 11) is 0. The molecule has 4 aromatic carbocycles. The molecule has 2 aromatic heterocycles. The van der Waals surface area contributed by atoms with Crippen LogP contribution in [0.2, 0.25) is 10.0 Å². The molecule has 2 aliphatic heterocycles. The molecule has 0 unspecified atom stereocenters. The number of fused-ring (bicyclic) bond motifs is 5. The molecule has 17 heteroatoms. The van der Waals surface area contributed by atoms with E-state index < -0.39 is 92.8 Å². The predicted octanol–water partition coefficient (Wildman–Crippen LogP) is 9.25. The topological polar surface area (TPSA) is 146 Å². The minimum atomic E-state index is -4.79. The number of rotatable bonds is 6. The standard InChI is InChI=1S/C45H29Cl2F4N5O6/c46-25-10-8-23(9-11-25)44-30(41(59)56(43(44)61)54-38-31(47)18-24(20-52-38)45(49,50)51)19-29-27(37(44)22-7-16-34(57)32(48)17-22)14-15-28-36(29)42(60)55(40(28)58)26-12-5-21(6-13-26)39-53-33-3-1-2-4-35(33)62-39/h1-14,16-18,20,28-30,36-37,57H,15,19H2,(H,52,54)/t28-,29+,30-,36-,37-,44+/m0/s1. The van der Waals surface area contributed by atoms with Crippen LogP contribution in [-0.2, 0) is 30.8 Å². The van der Waals surface area contributed by atoms with E-state index in [0.717, 1.165) is 17.0 Å². The molecule has 0 radical (unpaired) electrons. The van der Waals surface area contributed by atoms with Gasteiger partial charge in [0.1, 0.15) is 5.52 Å². The van der Waals surface area contributed by atoms with Crippen LogP contribution in [-0.4, -0.2) is 43.7 Å². The zero-order valence-electron chi connectivity index (χ0n) is 31.7. The number of halogens is 6. The Balaban J connectivity index is 1.07. The number of aromatic hydroxyl groups is 1. The minimum absolute atomic E-state index is 0.0617. The number of imide groups is 2. The summed E-state index contributed by atoms with van der Waals surface area (Å²) in [6, 6.07) is 24.2. The van der Waals surface area contributed by atoms with Crippen molar-refractivity contribution in [2.24, 2.45) is 23.7 Å². The number of para-hydroxylation sites is 2. The van der Waals surface area contributed by atoms with Gasteiger partial charge in [0, 0.05) is 22.7 Å². The number of pyridine rings is 1. The van der Waals surface area contributed by atoms with Crippen molar-refractivity contribution in [3.8, 4) is 17.2 Å². The van der Waals surface area contributed by atoms with Gasteiger partial charge in [-0.3, -0.25) is 29.5 Å². The third-order valence-electron chi connectivity index (χ3n) is 12.5. The van der Waals surface area contributed by atoms with Crippen molar-refractivity contribution in [3.63, 3.8) is 0 Å². The molecule has 4 aliphatic rings. The first-order valence-corrected chi connectivity index (χ1v) is 20.1. The Labute approximate surface area is 358 Å². The van der Waals surface area contributed by atoms with Crippen molar-refractivity contribution in [2.45, 2.75) is 30.4 Å². The Morgan fingerprint density at radius 1 is 0.871 bits per heavy atom. The van der Waals surface area contributed by atoms with Crippen molar-refractivity contribution in [2.75, 3.05) is 10.3 Å². The second-order valence-electron chi connectivity index (χ2n) is 15.7. The van der Waals surface area contributed by atoms with Gasteiger partial charge in [-0.15, -0.1) is 0 Å². The molecular formula is C45H29Cl2F4N5O6. The molecule has 3 fully saturated rings. The van der Waals surface area contributed by atoms with E-state index >= 15 is 9.18 Å². The van der Waals surface area contributed by atoms with E-state index in [1.165, 1.54) is 18.2 Å². The minimum Gasteiger partial charge on any atom is -0.505 e. The average molecular weight is 883 g/mol. The number of hydrogen-bond donors (Lipinski definition) is 2. The highest BCUT2D eigenvalue weighted by atomic mass is 35.5. The Bertz CT molecular complexity index is 2890.